The maximum Gasteiger partial charge on any atom is 0.0903 e. The molecule has 4 nitrogen and oxygen atoms in total. The predicted molar refractivity (Wildman–Crippen MR) is 80.7 cm³/mol. The van der Waals surface area contributed by atoms with Crippen LogP contribution in [0.5, 0.6) is 0 Å². The first-order valence-corrected chi connectivity index (χ1v) is 6.67. The second kappa shape index (κ2) is 9.05. The Labute approximate surface area is 115 Å². The number of hydrogen-bond acceptors (Lipinski definition) is 4. The lowest BCUT2D eigenvalue weighted by molar-refractivity contribution is 0.674. The maximum atomic E-state index is 5.70. The van der Waals surface area contributed by atoms with Crippen LogP contribution in [-0.4, -0.2) is 17.2 Å². The van der Waals surface area contributed by atoms with Crippen molar-refractivity contribution in [1.82, 2.24) is 10.4 Å². The highest BCUT2D eigenvalue weighted by atomic mass is 15.3. The zero-order chi connectivity index (χ0) is 13.9. The summed E-state index contributed by atoms with van der Waals surface area (Å²) in [4.78, 5) is 4.00. The molecular formula is C15H22N4. The Bertz CT molecular complexity index is 435. The molecule has 0 saturated carbocycles. The summed E-state index contributed by atoms with van der Waals surface area (Å²) in [5, 5.41) is 4.31. The molecular weight excluding hydrogens is 236 g/mol. The van der Waals surface area contributed by atoms with Gasteiger partial charge in [0.05, 0.1) is 5.71 Å². The Balaban J connectivity index is 0.000000861. The molecule has 19 heavy (non-hydrogen) atoms. The van der Waals surface area contributed by atoms with Crippen LogP contribution in [0, 0.1) is 5.92 Å². The minimum Gasteiger partial charge on any atom is -0.330 e. The first-order chi connectivity index (χ1) is 9.40. The molecule has 0 amide bonds. The van der Waals surface area contributed by atoms with Crippen LogP contribution < -0.4 is 11.2 Å². The molecule has 0 aliphatic carbocycles. The predicted octanol–water partition coefficient (Wildman–Crippen LogP) is 2.45. The van der Waals surface area contributed by atoms with Crippen molar-refractivity contribution in [1.29, 1.82) is 0 Å². The van der Waals surface area contributed by atoms with Gasteiger partial charge in [-0.25, -0.2) is 0 Å². The summed E-state index contributed by atoms with van der Waals surface area (Å²) >= 11 is 0. The number of nitrogens with zero attached hydrogens (tertiary/aromatic N) is 2. The third-order valence-corrected chi connectivity index (χ3v) is 2.62. The van der Waals surface area contributed by atoms with E-state index in [9.17, 15) is 0 Å². The van der Waals surface area contributed by atoms with Crippen molar-refractivity contribution in [2.45, 2.75) is 20.3 Å². The quantitative estimate of drug-likeness (QED) is 0.856. The van der Waals surface area contributed by atoms with Crippen molar-refractivity contribution >= 4 is 5.71 Å². The van der Waals surface area contributed by atoms with Gasteiger partial charge < -0.3 is 5.73 Å². The topological polar surface area (TPSA) is 63.3 Å². The van der Waals surface area contributed by atoms with Gasteiger partial charge in [-0.2, -0.15) is 5.10 Å². The van der Waals surface area contributed by atoms with Crippen LogP contribution in [-0.2, 0) is 0 Å². The number of allylic oxidation sites excluding steroid dienone is 2. The normalized spacial score (nSPS) is 24.2. The van der Waals surface area contributed by atoms with Crippen LogP contribution in [0.25, 0.3) is 0 Å². The highest BCUT2D eigenvalue weighted by Crippen LogP contribution is 2.08. The maximum absolute atomic E-state index is 5.70. The first-order valence-electron chi connectivity index (χ1n) is 6.67. The van der Waals surface area contributed by atoms with Gasteiger partial charge in [-0.1, -0.05) is 26.0 Å². The van der Waals surface area contributed by atoms with Gasteiger partial charge in [-0.3, -0.25) is 10.4 Å². The van der Waals surface area contributed by atoms with Crippen LogP contribution in [0.2, 0.25) is 0 Å². The van der Waals surface area contributed by atoms with Crippen LogP contribution in [0.3, 0.4) is 0 Å². The number of hydrazone groups is 1. The molecule has 1 aromatic rings. The fourth-order valence-electron chi connectivity index (χ4n) is 1.60. The molecule has 0 saturated heterocycles. The summed E-state index contributed by atoms with van der Waals surface area (Å²) in [5.41, 5.74) is 10.5. The van der Waals surface area contributed by atoms with Crippen molar-refractivity contribution < 1.29 is 0 Å². The Morgan fingerprint density at radius 2 is 2.05 bits per heavy atom. The van der Waals surface area contributed by atoms with E-state index in [0.29, 0.717) is 12.5 Å². The smallest absolute Gasteiger partial charge is 0.0903 e. The molecule has 0 bridgehead atoms. The summed E-state index contributed by atoms with van der Waals surface area (Å²) in [6.07, 6.45) is 12.4. The van der Waals surface area contributed by atoms with Gasteiger partial charge in [0.1, 0.15) is 0 Å². The van der Waals surface area contributed by atoms with Crippen LogP contribution in [0.1, 0.15) is 25.8 Å². The SMILES string of the molecule is CC.NCC1/C=C/C(c2ccncc2)=N\N/C=C/C1. The second-order valence-corrected chi connectivity index (χ2v) is 3.86. The highest BCUT2D eigenvalue weighted by molar-refractivity contribution is 6.08. The van der Waals surface area contributed by atoms with Gasteiger partial charge in [0.25, 0.3) is 0 Å². The van der Waals surface area contributed by atoms with E-state index >= 15 is 0 Å². The summed E-state index contributed by atoms with van der Waals surface area (Å²) in [5.74, 6) is 0.359. The molecule has 1 aromatic heterocycles. The largest absolute Gasteiger partial charge is 0.330 e. The Morgan fingerprint density at radius 3 is 2.74 bits per heavy atom. The van der Waals surface area contributed by atoms with Gasteiger partial charge in [-0.15, -0.1) is 0 Å². The van der Waals surface area contributed by atoms with Crippen molar-refractivity contribution in [2.24, 2.45) is 16.8 Å². The Kier molecular flexibility index (Phi) is 7.20. The van der Waals surface area contributed by atoms with E-state index < -0.39 is 0 Å². The van der Waals surface area contributed by atoms with Crippen molar-refractivity contribution in [2.75, 3.05) is 6.54 Å². The van der Waals surface area contributed by atoms with E-state index in [1.54, 1.807) is 12.4 Å². The number of rotatable bonds is 2. The molecule has 102 valence electrons. The fraction of sp³-hybridized carbons (Fsp3) is 0.333. The van der Waals surface area contributed by atoms with Crippen LogP contribution in [0.15, 0.2) is 54.1 Å². The van der Waals surface area contributed by atoms with Gasteiger partial charge in [0.2, 0.25) is 0 Å². The van der Waals surface area contributed by atoms with Gasteiger partial charge in [0.15, 0.2) is 0 Å². The third-order valence-electron chi connectivity index (χ3n) is 2.62. The lowest BCUT2D eigenvalue weighted by atomic mass is 10.0. The molecule has 0 fully saturated rings. The van der Waals surface area contributed by atoms with Crippen molar-refractivity contribution in [3.8, 4) is 0 Å². The molecule has 1 unspecified atom stereocenters. The minimum atomic E-state index is 0.359. The van der Waals surface area contributed by atoms with Gasteiger partial charge >= 0.3 is 0 Å². The van der Waals surface area contributed by atoms with Crippen molar-refractivity contribution in [3.05, 3.63) is 54.5 Å². The molecule has 1 aliphatic rings. The Hall–Kier alpha value is -1.94. The molecule has 1 atom stereocenters. The monoisotopic (exact) mass is 258 g/mol. The zero-order valence-electron chi connectivity index (χ0n) is 11.6. The number of pyridine rings is 1. The number of aromatic nitrogens is 1. The molecule has 0 radical (unpaired) electrons. The third kappa shape index (κ3) is 5.06. The van der Waals surface area contributed by atoms with E-state index in [2.05, 4.69) is 21.6 Å². The second-order valence-electron chi connectivity index (χ2n) is 3.86. The molecule has 3 N–H and O–H groups in total. The number of nitrogens with one attached hydrogen (secondary N) is 1. The molecule has 4 heteroatoms. The molecule has 2 rings (SSSR count). The molecule has 1 aliphatic heterocycles. The van der Waals surface area contributed by atoms with Crippen LogP contribution in [0.4, 0.5) is 0 Å². The number of hydrogen-bond donors (Lipinski definition) is 2. The van der Waals surface area contributed by atoms with Crippen molar-refractivity contribution in [3.63, 3.8) is 0 Å². The number of nitrogens with two attached hydrogens (primary N) is 1. The van der Waals surface area contributed by atoms with E-state index in [1.807, 2.05) is 44.3 Å². The average Bonchev–Trinajstić information content (AvgIpc) is 2.62. The van der Waals surface area contributed by atoms with Gasteiger partial charge in [-0.05, 0) is 37.1 Å². The summed E-state index contributed by atoms with van der Waals surface area (Å²) in [7, 11) is 0. The van der Waals surface area contributed by atoms with Crippen LogP contribution >= 0.6 is 0 Å². The lowest BCUT2D eigenvalue weighted by Gasteiger charge is -2.05. The first kappa shape index (κ1) is 15.1. The van der Waals surface area contributed by atoms with E-state index in [0.717, 1.165) is 17.7 Å². The molecule has 2 heterocycles. The lowest BCUT2D eigenvalue weighted by Crippen LogP contribution is -2.11. The average molecular weight is 258 g/mol. The highest BCUT2D eigenvalue weighted by Gasteiger charge is 2.04. The molecule has 0 spiro atoms. The van der Waals surface area contributed by atoms with E-state index in [-0.39, 0.29) is 0 Å². The standard InChI is InChI=1S/C13H16N4.C2H6/c14-10-11-2-1-7-16-17-13(4-3-11)12-5-8-15-9-6-12;1-2/h1,3-9,11,16H,2,10,14H2;1-2H3/b4-3+,7-1+,17-13+;. The van der Waals surface area contributed by atoms with E-state index in [4.69, 9.17) is 5.73 Å². The summed E-state index contributed by atoms with van der Waals surface area (Å²) in [6, 6.07) is 3.87. The molecule has 0 aromatic carbocycles. The summed E-state index contributed by atoms with van der Waals surface area (Å²) in [6.45, 7) is 4.64. The van der Waals surface area contributed by atoms with Gasteiger partial charge in [0, 0.05) is 24.2 Å². The van der Waals surface area contributed by atoms with E-state index in [1.165, 1.54) is 0 Å². The zero-order valence-corrected chi connectivity index (χ0v) is 11.6. The summed E-state index contributed by atoms with van der Waals surface area (Å²) < 4.78 is 0. The fourth-order valence-corrected chi connectivity index (χ4v) is 1.60. The Morgan fingerprint density at radius 1 is 1.32 bits per heavy atom. The minimum absolute atomic E-state index is 0.359.